The Hall–Kier alpha value is 0.250. The lowest BCUT2D eigenvalue weighted by atomic mass is 10.0. The molecule has 0 aliphatic carbocycles. The summed E-state index contributed by atoms with van der Waals surface area (Å²) in [6.07, 6.45) is 18.7. The third-order valence-electron chi connectivity index (χ3n) is 3.35. The molecule has 106 valence electrons. The quantitative estimate of drug-likeness (QED) is 0.486. The van der Waals surface area contributed by atoms with Gasteiger partial charge in [0.1, 0.15) is 0 Å². The molecule has 0 unspecified atom stereocenters. The van der Waals surface area contributed by atoms with Crippen LogP contribution in [0.4, 0.5) is 0 Å². The van der Waals surface area contributed by atoms with Crippen molar-refractivity contribution in [2.45, 2.75) is 90.4 Å². The molecule has 0 aromatic heterocycles. The first-order valence-corrected chi connectivity index (χ1v) is 7.71. The second kappa shape index (κ2) is 18.6. The van der Waals surface area contributed by atoms with Crippen molar-refractivity contribution in [3.8, 4) is 0 Å². The number of hydrogen-bond donors (Lipinski definition) is 1. The fourth-order valence-corrected chi connectivity index (χ4v) is 2.19. The topological polar surface area (TPSA) is 27.6 Å². The van der Waals surface area contributed by atoms with Crippen LogP contribution in [0, 0.1) is 0 Å². The number of unbranched alkanes of at least 4 members (excludes halogenated alkanes) is 12. The van der Waals surface area contributed by atoms with Crippen molar-refractivity contribution in [1.29, 1.82) is 0 Å². The predicted octanol–water partition coefficient (Wildman–Crippen LogP) is 1.32. The molecule has 0 amide bonds. The first kappa shape index (κ1) is 19.6. The van der Waals surface area contributed by atoms with E-state index >= 15 is 0 Å². The van der Waals surface area contributed by atoms with E-state index in [1.54, 1.807) is 0 Å². The average Bonchev–Trinajstić information content (AvgIpc) is 2.31. The molecule has 0 aliphatic heterocycles. The molecule has 0 fully saturated rings. The van der Waals surface area contributed by atoms with Gasteiger partial charge in [0.2, 0.25) is 0 Å². The Labute approximate surface area is 115 Å². The normalized spacial score (nSPS) is 10.2. The highest BCUT2D eigenvalue weighted by Gasteiger charge is 1.93. The van der Waals surface area contributed by atoms with Gasteiger partial charge in [-0.2, -0.15) is 0 Å². The van der Waals surface area contributed by atoms with Gasteiger partial charge in [-0.3, -0.25) is 0 Å². The lowest BCUT2D eigenvalue weighted by Crippen LogP contribution is -3.00. The summed E-state index contributed by atoms with van der Waals surface area (Å²) >= 11 is 0. The maximum atomic E-state index is 3.87. The summed E-state index contributed by atoms with van der Waals surface area (Å²) in [7, 11) is 0. The van der Waals surface area contributed by atoms with E-state index in [1.165, 1.54) is 83.5 Å². The lowest BCUT2D eigenvalue weighted by molar-refractivity contribution is -0.368. The van der Waals surface area contributed by atoms with Crippen LogP contribution in [-0.4, -0.2) is 6.54 Å². The van der Waals surface area contributed by atoms with Gasteiger partial charge in [0.15, 0.2) is 0 Å². The van der Waals surface area contributed by atoms with Crippen molar-refractivity contribution in [2.75, 3.05) is 6.54 Å². The smallest absolute Gasteiger partial charge is 0.0739 e. The second-order valence-corrected chi connectivity index (χ2v) is 5.10. The highest BCUT2D eigenvalue weighted by molar-refractivity contribution is 4.48. The van der Waals surface area contributed by atoms with Crippen LogP contribution < -0.4 is 18.1 Å². The zero-order chi connectivity index (χ0) is 11.9. The number of halogens is 1. The zero-order valence-corrected chi connectivity index (χ0v) is 12.7. The molecule has 0 spiro atoms. The van der Waals surface area contributed by atoms with E-state index in [4.69, 9.17) is 0 Å². The van der Waals surface area contributed by atoms with Crippen molar-refractivity contribution in [3.05, 3.63) is 0 Å². The summed E-state index contributed by atoms with van der Waals surface area (Å²) in [5, 5.41) is 0. The molecule has 0 bridgehead atoms. The Bertz CT molecular complexity index is 103. The Balaban J connectivity index is 0. The monoisotopic (exact) mass is 263 g/mol. The van der Waals surface area contributed by atoms with Crippen molar-refractivity contribution in [1.82, 2.24) is 0 Å². The van der Waals surface area contributed by atoms with Gasteiger partial charge in [0, 0.05) is 0 Å². The van der Waals surface area contributed by atoms with Crippen molar-refractivity contribution in [3.63, 3.8) is 0 Å². The van der Waals surface area contributed by atoms with Crippen molar-refractivity contribution >= 4 is 0 Å². The summed E-state index contributed by atoms with van der Waals surface area (Å²) in [6, 6.07) is 0. The first-order valence-electron chi connectivity index (χ1n) is 7.71. The van der Waals surface area contributed by atoms with Crippen LogP contribution in [-0.2, 0) is 0 Å². The van der Waals surface area contributed by atoms with Gasteiger partial charge < -0.3 is 18.1 Å². The Morgan fingerprint density at radius 1 is 0.529 bits per heavy atom. The Kier molecular flexibility index (Phi) is 21.4. The molecule has 3 N–H and O–H groups in total. The standard InChI is InChI=1S/C15H33N.ClH/c1-2-3-4-5-6-7-8-9-10-11-12-13-14-15-16;/h2-16H2,1H3;1H. The molecule has 2 heteroatoms. The van der Waals surface area contributed by atoms with E-state index in [9.17, 15) is 0 Å². The molecule has 0 heterocycles. The van der Waals surface area contributed by atoms with Crippen LogP contribution in [0.1, 0.15) is 90.4 Å². The van der Waals surface area contributed by atoms with E-state index < -0.39 is 0 Å². The van der Waals surface area contributed by atoms with Gasteiger partial charge in [-0.25, -0.2) is 0 Å². The molecule has 0 atom stereocenters. The fraction of sp³-hybridized carbons (Fsp3) is 1.00. The van der Waals surface area contributed by atoms with Crippen molar-refractivity contribution < 1.29 is 18.1 Å². The van der Waals surface area contributed by atoms with Gasteiger partial charge in [-0.1, -0.05) is 77.6 Å². The predicted molar refractivity (Wildman–Crippen MR) is 73.5 cm³/mol. The molecule has 1 nitrogen and oxygen atoms in total. The molecule has 0 rings (SSSR count). The van der Waals surface area contributed by atoms with Gasteiger partial charge >= 0.3 is 0 Å². The summed E-state index contributed by atoms with van der Waals surface area (Å²) in [4.78, 5) is 0. The number of hydrogen-bond acceptors (Lipinski definition) is 0. The van der Waals surface area contributed by atoms with E-state index in [0.29, 0.717) is 0 Å². The first-order chi connectivity index (χ1) is 7.91. The molecule has 0 aromatic carbocycles. The van der Waals surface area contributed by atoms with Gasteiger partial charge in [0.25, 0.3) is 0 Å². The molecule has 0 aliphatic rings. The van der Waals surface area contributed by atoms with Crippen LogP contribution in [0.15, 0.2) is 0 Å². The Morgan fingerprint density at radius 3 is 1.12 bits per heavy atom. The van der Waals surface area contributed by atoms with Crippen LogP contribution >= 0.6 is 0 Å². The molecule has 17 heavy (non-hydrogen) atoms. The number of quaternary nitrogens is 1. The minimum absolute atomic E-state index is 0. The van der Waals surface area contributed by atoms with Gasteiger partial charge in [-0.15, -0.1) is 0 Å². The SMILES string of the molecule is CCCCCCCCCCCCCCC[NH3+].[Cl-]. The Morgan fingerprint density at radius 2 is 0.824 bits per heavy atom. The summed E-state index contributed by atoms with van der Waals surface area (Å²) in [6.45, 7) is 3.41. The van der Waals surface area contributed by atoms with Crippen LogP contribution in [0.5, 0.6) is 0 Å². The fourth-order valence-electron chi connectivity index (χ4n) is 2.19. The minimum Gasteiger partial charge on any atom is -1.00 e. The maximum absolute atomic E-state index is 3.87. The average molecular weight is 264 g/mol. The third-order valence-corrected chi connectivity index (χ3v) is 3.35. The maximum Gasteiger partial charge on any atom is 0.0739 e. The molecule has 0 aromatic rings. The lowest BCUT2D eigenvalue weighted by Gasteiger charge is -2.02. The van der Waals surface area contributed by atoms with E-state index in [2.05, 4.69) is 12.7 Å². The minimum atomic E-state index is 0. The van der Waals surface area contributed by atoms with Crippen molar-refractivity contribution in [2.24, 2.45) is 0 Å². The summed E-state index contributed by atoms with van der Waals surface area (Å²) < 4.78 is 0. The molecular formula is C15H34ClN. The van der Waals surface area contributed by atoms with Gasteiger partial charge in [0.05, 0.1) is 6.54 Å². The molecule has 0 saturated heterocycles. The third kappa shape index (κ3) is 18.8. The van der Waals surface area contributed by atoms with E-state index in [-0.39, 0.29) is 12.4 Å². The zero-order valence-electron chi connectivity index (χ0n) is 12.0. The van der Waals surface area contributed by atoms with Crippen LogP contribution in [0.3, 0.4) is 0 Å². The van der Waals surface area contributed by atoms with Gasteiger partial charge in [-0.05, 0) is 12.8 Å². The van der Waals surface area contributed by atoms with Crippen LogP contribution in [0.2, 0.25) is 0 Å². The molecular weight excluding hydrogens is 230 g/mol. The van der Waals surface area contributed by atoms with Crippen LogP contribution in [0.25, 0.3) is 0 Å². The number of rotatable bonds is 13. The van der Waals surface area contributed by atoms with E-state index in [0.717, 1.165) is 6.54 Å². The summed E-state index contributed by atoms with van der Waals surface area (Å²) in [5.41, 5.74) is 3.87. The highest BCUT2D eigenvalue weighted by Crippen LogP contribution is 2.12. The van der Waals surface area contributed by atoms with E-state index in [1.807, 2.05) is 0 Å². The molecule has 0 saturated carbocycles. The second-order valence-electron chi connectivity index (χ2n) is 5.10. The largest absolute Gasteiger partial charge is 1.00 e. The molecule has 0 radical (unpaired) electrons. The highest BCUT2D eigenvalue weighted by atomic mass is 35.5. The summed E-state index contributed by atoms with van der Waals surface area (Å²) in [5.74, 6) is 0.